The Morgan fingerprint density at radius 1 is 0.386 bits per heavy atom. The van der Waals surface area contributed by atoms with Crippen LogP contribution in [-0.4, -0.2) is 74.9 Å². The Balaban J connectivity index is 3.95. The zero-order valence-electron chi connectivity index (χ0n) is 47.5. The molecule has 1 N–H and O–H groups in total. The van der Waals surface area contributed by atoms with Crippen LogP contribution < -0.4 is 0 Å². The molecule has 2 atom stereocenters. The summed E-state index contributed by atoms with van der Waals surface area (Å²) in [5.41, 5.74) is 0. The van der Waals surface area contributed by atoms with Crippen LogP contribution in [-0.2, 0) is 32.7 Å². The molecule has 70 heavy (non-hydrogen) atoms. The molecule has 418 valence electrons. The number of rotatable bonds is 58. The van der Waals surface area contributed by atoms with Gasteiger partial charge in [-0.05, 0) is 12.8 Å². The molecule has 9 nitrogen and oxygen atoms in total. The van der Waals surface area contributed by atoms with Crippen LogP contribution in [0, 0.1) is 0 Å². The van der Waals surface area contributed by atoms with Crippen molar-refractivity contribution in [2.75, 3.05) is 47.5 Å². The van der Waals surface area contributed by atoms with Gasteiger partial charge in [-0.3, -0.25) is 18.6 Å². The van der Waals surface area contributed by atoms with Crippen molar-refractivity contribution in [3.63, 3.8) is 0 Å². The van der Waals surface area contributed by atoms with Gasteiger partial charge >= 0.3 is 19.8 Å². The zero-order chi connectivity index (χ0) is 51.3. The number of likely N-dealkylation sites (N-methyl/N-ethyl adjacent to an activating group) is 1. The van der Waals surface area contributed by atoms with E-state index in [0.717, 1.165) is 38.5 Å². The van der Waals surface area contributed by atoms with E-state index in [1.165, 1.54) is 257 Å². The van der Waals surface area contributed by atoms with Crippen LogP contribution in [0.5, 0.6) is 0 Å². The van der Waals surface area contributed by atoms with Gasteiger partial charge < -0.3 is 18.9 Å². The summed E-state index contributed by atoms with van der Waals surface area (Å²) in [6.07, 6.45) is 60.5. The maximum Gasteiger partial charge on any atom is 0.472 e. The number of quaternary nitrogens is 1. The molecule has 0 aliphatic heterocycles. The highest BCUT2D eigenvalue weighted by Gasteiger charge is 2.27. The van der Waals surface area contributed by atoms with Crippen molar-refractivity contribution in [1.82, 2.24) is 0 Å². The number of carbonyl (C=O) groups excluding carboxylic acids is 2. The first-order valence-corrected chi connectivity index (χ1v) is 32.3. The number of ether oxygens (including phenoxy) is 2. The van der Waals surface area contributed by atoms with Crippen LogP contribution >= 0.6 is 7.82 Å². The van der Waals surface area contributed by atoms with Gasteiger partial charge in [0.25, 0.3) is 0 Å². The number of phosphoric ester groups is 1. The number of hydrogen-bond donors (Lipinski definition) is 1. The number of nitrogens with zero attached hydrogens (tertiary/aromatic N) is 1. The van der Waals surface area contributed by atoms with E-state index < -0.39 is 26.5 Å². The molecule has 0 spiro atoms. The molecule has 0 rings (SSSR count). The van der Waals surface area contributed by atoms with Crippen LogP contribution in [0.4, 0.5) is 0 Å². The van der Waals surface area contributed by atoms with Crippen LogP contribution in [0.1, 0.15) is 322 Å². The SMILES string of the molecule is CCCCCCCCCCCCCCCCCCCCCCCCCCCCCCCCCCC(=O)OC(COC(=O)CCCCCCCCCCCCCCCC)COP(=O)(O)OCC[N+](C)(C)C. The summed E-state index contributed by atoms with van der Waals surface area (Å²) < 4.78 is 34.6. The summed E-state index contributed by atoms with van der Waals surface area (Å²) in [4.78, 5) is 35.6. The van der Waals surface area contributed by atoms with E-state index in [0.29, 0.717) is 17.4 Å². The van der Waals surface area contributed by atoms with Gasteiger partial charge in [-0.15, -0.1) is 0 Å². The minimum atomic E-state index is -4.38. The lowest BCUT2D eigenvalue weighted by molar-refractivity contribution is -0.870. The third-order valence-electron chi connectivity index (χ3n) is 14.1. The predicted octanol–water partition coefficient (Wildman–Crippen LogP) is 19.0. The first-order chi connectivity index (χ1) is 34.0. The molecule has 10 heteroatoms. The number of esters is 2. The van der Waals surface area contributed by atoms with E-state index in [4.69, 9.17) is 18.5 Å². The van der Waals surface area contributed by atoms with Crippen molar-refractivity contribution in [1.29, 1.82) is 0 Å². The molecule has 0 aliphatic carbocycles. The Bertz CT molecular complexity index is 1150. The molecule has 0 saturated heterocycles. The Morgan fingerprint density at radius 2 is 0.643 bits per heavy atom. The Labute approximate surface area is 435 Å². The topological polar surface area (TPSA) is 108 Å². The molecule has 0 bridgehead atoms. The van der Waals surface area contributed by atoms with Crippen molar-refractivity contribution >= 4 is 19.8 Å². The maximum atomic E-state index is 12.8. The Morgan fingerprint density at radius 3 is 0.914 bits per heavy atom. The number of hydrogen-bond acceptors (Lipinski definition) is 7. The van der Waals surface area contributed by atoms with Gasteiger partial charge in [-0.1, -0.05) is 296 Å². The molecular formula is C60H121NO8P+. The Kier molecular flexibility index (Phi) is 52.1. The molecule has 0 heterocycles. The van der Waals surface area contributed by atoms with Gasteiger partial charge in [-0.2, -0.15) is 0 Å². The molecule has 0 aromatic heterocycles. The van der Waals surface area contributed by atoms with Crippen molar-refractivity contribution in [3.8, 4) is 0 Å². The fraction of sp³-hybridized carbons (Fsp3) is 0.967. The number of unbranched alkanes of at least 4 members (excludes halogenated alkanes) is 44. The van der Waals surface area contributed by atoms with E-state index in [2.05, 4.69) is 13.8 Å². The van der Waals surface area contributed by atoms with Crippen molar-refractivity contribution in [2.24, 2.45) is 0 Å². The highest BCUT2D eigenvalue weighted by molar-refractivity contribution is 7.47. The molecule has 0 radical (unpaired) electrons. The van der Waals surface area contributed by atoms with Crippen molar-refractivity contribution in [2.45, 2.75) is 328 Å². The summed E-state index contributed by atoms with van der Waals surface area (Å²) in [5.74, 6) is -0.774. The van der Waals surface area contributed by atoms with E-state index in [9.17, 15) is 19.0 Å². The molecule has 0 aromatic carbocycles. The number of carbonyl (C=O) groups is 2. The molecule has 0 amide bonds. The number of phosphoric acid groups is 1. The average molecular weight is 1020 g/mol. The summed E-state index contributed by atoms with van der Waals surface area (Å²) in [6.45, 7) is 4.50. The van der Waals surface area contributed by atoms with Gasteiger partial charge in [-0.25, -0.2) is 4.57 Å². The summed E-state index contributed by atoms with van der Waals surface area (Å²) in [7, 11) is 1.50. The summed E-state index contributed by atoms with van der Waals surface area (Å²) in [5, 5.41) is 0. The van der Waals surface area contributed by atoms with Crippen molar-refractivity contribution < 1.29 is 42.1 Å². The van der Waals surface area contributed by atoms with Crippen LogP contribution in [0.15, 0.2) is 0 Å². The Hall–Kier alpha value is -0.990. The second-order valence-corrected chi connectivity index (χ2v) is 23.9. The lowest BCUT2D eigenvalue weighted by Gasteiger charge is -2.24. The summed E-state index contributed by atoms with van der Waals surface area (Å²) >= 11 is 0. The third-order valence-corrected chi connectivity index (χ3v) is 15.1. The van der Waals surface area contributed by atoms with Gasteiger partial charge in [0, 0.05) is 12.8 Å². The highest BCUT2D eigenvalue weighted by Crippen LogP contribution is 2.43. The maximum absolute atomic E-state index is 12.8. The minimum absolute atomic E-state index is 0.0373. The van der Waals surface area contributed by atoms with Crippen LogP contribution in [0.3, 0.4) is 0 Å². The van der Waals surface area contributed by atoms with Crippen LogP contribution in [0.2, 0.25) is 0 Å². The second kappa shape index (κ2) is 52.9. The monoisotopic (exact) mass is 1010 g/mol. The van der Waals surface area contributed by atoms with E-state index >= 15 is 0 Å². The fourth-order valence-electron chi connectivity index (χ4n) is 9.37. The van der Waals surface area contributed by atoms with Crippen LogP contribution in [0.25, 0.3) is 0 Å². The van der Waals surface area contributed by atoms with E-state index in [1.807, 2.05) is 21.1 Å². The third kappa shape index (κ3) is 56.3. The minimum Gasteiger partial charge on any atom is -0.462 e. The van der Waals surface area contributed by atoms with Gasteiger partial charge in [0.05, 0.1) is 27.7 Å². The van der Waals surface area contributed by atoms with Gasteiger partial charge in [0.1, 0.15) is 19.8 Å². The predicted molar refractivity (Wildman–Crippen MR) is 298 cm³/mol. The van der Waals surface area contributed by atoms with Gasteiger partial charge in [0.2, 0.25) is 0 Å². The zero-order valence-corrected chi connectivity index (χ0v) is 48.4. The molecule has 2 unspecified atom stereocenters. The molecule has 0 aliphatic rings. The van der Waals surface area contributed by atoms with Gasteiger partial charge in [0.15, 0.2) is 6.10 Å². The first-order valence-electron chi connectivity index (χ1n) is 30.8. The first kappa shape index (κ1) is 69.0. The second-order valence-electron chi connectivity index (χ2n) is 22.5. The summed E-state index contributed by atoms with van der Waals surface area (Å²) in [6, 6.07) is 0. The molecule has 0 saturated carbocycles. The van der Waals surface area contributed by atoms with E-state index in [1.54, 1.807) is 0 Å². The smallest absolute Gasteiger partial charge is 0.462 e. The highest BCUT2D eigenvalue weighted by atomic mass is 31.2. The largest absolute Gasteiger partial charge is 0.472 e. The lowest BCUT2D eigenvalue weighted by atomic mass is 10.0. The lowest BCUT2D eigenvalue weighted by Crippen LogP contribution is -2.37. The fourth-order valence-corrected chi connectivity index (χ4v) is 10.1. The van der Waals surface area contributed by atoms with E-state index in [-0.39, 0.29) is 25.6 Å². The average Bonchev–Trinajstić information content (AvgIpc) is 3.32. The molecule has 0 fully saturated rings. The van der Waals surface area contributed by atoms with Crippen molar-refractivity contribution in [3.05, 3.63) is 0 Å². The molecular weight excluding hydrogens is 894 g/mol. The molecule has 0 aromatic rings. The quantitative estimate of drug-likeness (QED) is 0.0278. The standard InChI is InChI=1S/C60H120NO8P/c1-6-8-10-12-14-16-18-20-22-23-24-25-26-27-28-29-30-31-32-33-34-35-36-37-38-39-41-43-45-47-49-51-53-60(63)69-58(57-68-70(64,65)67-55-54-61(3,4)5)56-66-59(62)52-50-48-46-44-42-40-21-19-17-15-13-11-9-7-2/h58H,6-57H2,1-5H3/p+1. The normalized spacial score (nSPS) is 13.2.